The van der Waals surface area contributed by atoms with Crippen molar-refractivity contribution in [1.82, 2.24) is 10.3 Å². The van der Waals surface area contributed by atoms with Crippen LogP contribution in [0.3, 0.4) is 0 Å². The van der Waals surface area contributed by atoms with E-state index in [1.54, 1.807) is 0 Å². The minimum Gasteiger partial charge on any atom is -0.445 e. The Hall–Kier alpha value is -1.04. The van der Waals surface area contributed by atoms with E-state index in [0.29, 0.717) is 30.9 Å². The molecule has 0 radical (unpaired) electrons. The molecule has 2 unspecified atom stereocenters. The standard InChI is InChI=1S/C14H21F3N2O/c1-18-8-4-7-13-19-9-12(20-13)10-5-2-3-6-11(10)14(15,16)17/h9-11,18H,2-8H2,1H3. The summed E-state index contributed by atoms with van der Waals surface area (Å²) in [5, 5.41) is 3.02. The van der Waals surface area contributed by atoms with Crippen molar-refractivity contribution in [3.63, 3.8) is 0 Å². The van der Waals surface area contributed by atoms with Crippen LogP contribution in [0, 0.1) is 5.92 Å². The van der Waals surface area contributed by atoms with E-state index >= 15 is 0 Å². The van der Waals surface area contributed by atoms with Gasteiger partial charge in [-0.25, -0.2) is 4.98 Å². The summed E-state index contributed by atoms with van der Waals surface area (Å²) < 4.78 is 44.7. The largest absolute Gasteiger partial charge is 0.445 e. The van der Waals surface area contributed by atoms with Crippen LogP contribution in [0.25, 0.3) is 0 Å². The Balaban J connectivity index is 2.05. The van der Waals surface area contributed by atoms with Gasteiger partial charge in [0.15, 0.2) is 5.89 Å². The van der Waals surface area contributed by atoms with E-state index in [4.69, 9.17) is 4.42 Å². The number of aryl methyl sites for hydroxylation is 1. The Bertz CT molecular complexity index is 417. The van der Waals surface area contributed by atoms with Gasteiger partial charge in [0, 0.05) is 12.3 Å². The molecule has 1 aliphatic carbocycles. The van der Waals surface area contributed by atoms with Crippen molar-refractivity contribution in [3.8, 4) is 0 Å². The monoisotopic (exact) mass is 290 g/mol. The molecule has 3 nitrogen and oxygen atoms in total. The van der Waals surface area contributed by atoms with Gasteiger partial charge in [-0.15, -0.1) is 0 Å². The molecule has 1 N–H and O–H groups in total. The first kappa shape index (κ1) is 15.4. The fraction of sp³-hybridized carbons (Fsp3) is 0.786. The minimum absolute atomic E-state index is 0.198. The number of rotatable bonds is 5. The smallest absolute Gasteiger partial charge is 0.392 e. The predicted octanol–water partition coefficient (Wildman–Crippen LogP) is 3.66. The van der Waals surface area contributed by atoms with E-state index in [1.807, 2.05) is 7.05 Å². The van der Waals surface area contributed by atoms with Gasteiger partial charge in [-0.3, -0.25) is 0 Å². The third-order valence-corrected chi connectivity index (χ3v) is 3.94. The fourth-order valence-electron chi connectivity index (χ4n) is 2.89. The summed E-state index contributed by atoms with van der Waals surface area (Å²) in [6, 6.07) is 0. The topological polar surface area (TPSA) is 38.1 Å². The minimum atomic E-state index is -4.15. The number of oxazole rings is 1. The molecule has 0 bridgehead atoms. The van der Waals surface area contributed by atoms with Gasteiger partial charge >= 0.3 is 6.18 Å². The van der Waals surface area contributed by atoms with E-state index in [2.05, 4.69) is 10.3 Å². The van der Waals surface area contributed by atoms with Gasteiger partial charge < -0.3 is 9.73 Å². The summed E-state index contributed by atoms with van der Waals surface area (Å²) in [6.07, 6.45) is 1.07. The predicted molar refractivity (Wildman–Crippen MR) is 69.5 cm³/mol. The molecular formula is C14H21F3N2O. The maximum atomic E-state index is 13.1. The molecule has 0 amide bonds. The van der Waals surface area contributed by atoms with Crippen molar-refractivity contribution >= 4 is 0 Å². The zero-order chi connectivity index (χ0) is 14.6. The number of hydrogen-bond donors (Lipinski definition) is 1. The lowest BCUT2D eigenvalue weighted by Gasteiger charge is -2.31. The van der Waals surface area contributed by atoms with Crippen LogP contribution in [0.1, 0.15) is 49.7 Å². The Morgan fingerprint density at radius 2 is 2.10 bits per heavy atom. The van der Waals surface area contributed by atoms with E-state index in [9.17, 15) is 13.2 Å². The van der Waals surface area contributed by atoms with Crippen LogP contribution in [-0.2, 0) is 6.42 Å². The molecule has 0 spiro atoms. The van der Waals surface area contributed by atoms with Crippen LogP contribution in [0.2, 0.25) is 0 Å². The van der Waals surface area contributed by atoms with Crippen LogP contribution < -0.4 is 5.32 Å². The van der Waals surface area contributed by atoms with Gasteiger partial charge in [0.25, 0.3) is 0 Å². The first-order valence-corrected chi connectivity index (χ1v) is 7.18. The van der Waals surface area contributed by atoms with Crippen molar-refractivity contribution in [2.24, 2.45) is 5.92 Å². The zero-order valence-electron chi connectivity index (χ0n) is 11.7. The number of aromatic nitrogens is 1. The lowest BCUT2D eigenvalue weighted by molar-refractivity contribution is -0.188. The molecule has 0 aliphatic heterocycles. The van der Waals surface area contributed by atoms with Crippen LogP contribution in [-0.4, -0.2) is 24.8 Å². The van der Waals surface area contributed by atoms with E-state index in [0.717, 1.165) is 19.4 Å². The Morgan fingerprint density at radius 1 is 1.35 bits per heavy atom. The molecule has 1 aromatic rings. The van der Waals surface area contributed by atoms with Crippen molar-refractivity contribution in [3.05, 3.63) is 17.8 Å². The van der Waals surface area contributed by atoms with Crippen LogP contribution in [0.5, 0.6) is 0 Å². The van der Waals surface area contributed by atoms with Crippen molar-refractivity contribution in [1.29, 1.82) is 0 Å². The average Bonchev–Trinajstić information content (AvgIpc) is 2.87. The third kappa shape index (κ3) is 3.75. The van der Waals surface area contributed by atoms with Gasteiger partial charge in [0.2, 0.25) is 0 Å². The molecule has 0 aromatic carbocycles. The highest BCUT2D eigenvalue weighted by Gasteiger charge is 2.47. The highest BCUT2D eigenvalue weighted by Crippen LogP contribution is 2.46. The summed E-state index contributed by atoms with van der Waals surface area (Å²) in [5.41, 5.74) is 0. The molecular weight excluding hydrogens is 269 g/mol. The third-order valence-electron chi connectivity index (χ3n) is 3.94. The van der Waals surface area contributed by atoms with Gasteiger partial charge in [0.1, 0.15) is 5.76 Å². The molecule has 20 heavy (non-hydrogen) atoms. The normalized spacial score (nSPS) is 24.0. The highest BCUT2D eigenvalue weighted by molar-refractivity contribution is 5.07. The van der Waals surface area contributed by atoms with E-state index in [1.165, 1.54) is 6.20 Å². The average molecular weight is 290 g/mol. The Kier molecular flexibility index (Phi) is 5.07. The second-order valence-corrected chi connectivity index (χ2v) is 5.40. The second kappa shape index (κ2) is 6.61. The second-order valence-electron chi connectivity index (χ2n) is 5.40. The molecule has 1 aliphatic rings. The highest BCUT2D eigenvalue weighted by atomic mass is 19.4. The molecule has 2 rings (SSSR count). The first-order valence-electron chi connectivity index (χ1n) is 7.18. The van der Waals surface area contributed by atoms with Crippen LogP contribution in [0.15, 0.2) is 10.6 Å². The molecule has 1 aromatic heterocycles. The van der Waals surface area contributed by atoms with Crippen LogP contribution in [0.4, 0.5) is 13.2 Å². The molecule has 1 heterocycles. The number of alkyl halides is 3. The quantitative estimate of drug-likeness (QED) is 0.841. The van der Waals surface area contributed by atoms with Crippen LogP contribution >= 0.6 is 0 Å². The number of hydrogen-bond acceptors (Lipinski definition) is 3. The van der Waals surface area contributed by atoms with Gasteiger partial charge in [-0.1, -0.05) is 12.8 Å². The molecule has 6 heteroatoms. The molecule has 2 atom stereocenters. The number of halogens is 3. The summed E-state index contributed by atoms with van der Waals surface area (Å²) in [5.74, 6) is -0.892. The Labute approximate surface area is 117 Å². The zero-order valence-corrected chi connectivity index (χ0v) is 11.7. The van der Waals surface area contributed by atoms with E-state index < -0.39 is 18.0 Å². The maximum Gasteiger partial charge on any atom is 0.392 e. The Morgan fingerprint density at radius 3 is 2.80 bits per heavy atom. The van der Waals surface area contributed by atoms with Crippen molar-refractivity contribution in [2.75, 3.05) is 13.6 Å². The number of nitrogens with one attached hydrogen (secondary N) is 1. The fourth-order valence-corrected chi connectivity index (χ4v) is 2.89. The van der Waals surface area contributed by atoms with Crippen molar-refractivity contribution in [2.45, 2.75) is 50.6 Å². The van der Waals surface area contributed by atoms with Crippen molar-refractivity contribution < 1.29 is 17.6 Å². The lowest BCUT2D eigenvalue weighted by atomic mass is 9.77. The first-order chi connectivity index (χ1) is 9.52. The van der Waals surface area contributed by atoms with Gasteiger partial charge in [0.05, 0.1) is 12.1 Å². The molecule has 1 saturated carbocycles. The molecule has 1 fully saturated rings. The summed E-state index contributed by atoms with van der Waals surface area (Å²) in [6.45, 7) is 0.840. The molecule has 0 saturated heterocycles. The number of nitrogens with zero attached hydrogens (tertiary/aromatic N) is 1. The summed E-state index contributed by atoms with van der Waals surface area (Å²) >= 11 is 0. The maximum absolute atomic E-state index is 13.1. The van der Waals surface area contributed by atoms with Gasteiger partial charge in [-0.2, -0.15) is 13.2 Å². The summed E-state index contributed by atoms with van der Waals surface area (Å²) in [7, 11) is 1.86. The molecule has 114 valence electrons. The van der Waals surface area contributed by atoms with Gasteiger partial charge in [-0.05, 0) is 32.9 Å². The summed E-state index contributed by atoms with van der Waals surface area (Å²) in [4.78, 5) is 4.12. The lowest BCUT2D eigenvalue weighted by Crippen LogP contribution is -2.31. The van der Waals surface area contributed by atoms with E-state index in [-0.39, 0.29) is 6.42 Å². The SMILES string of the molecule is CNCCCc1ncc(C2CCCCC2C(F)(F)F)o1.